The van der Waals surface area contributed by atoms with Crippen molar-refractivity contribution in [1.29, 1.82) is 0 Å². The van der Waals surface area contributed by atoms with Crippen LogP contribution in [0.15, 0.2) is 48.8 Å². The first-order valence-electron chi connectivity index (χ1n) is 9.65. The lowest BCUT2D eigenvalue weighted by Crippen LogP contribution is -2.29. The Hall–Kier alpha value is -3.02. The van der Waals surface area contributed by atoms with E-state index in [1.165, 1.54) is 0 Å². The Kier molecular flexibility index (Phi) is 4.49. The normalized spacial score (nSPS) is 13.6. The van der Waals surface area contributed by atoms with Gasteiger partial charge in [0.05, 0.1) is 30.9 Å². The fourth-order valence-electron chi connectivity index (χ4n) is 3.60. The van der Waals surface area contributed by atoms with Gasteiger partial charge >= 0.3 is 0 Å². The van der Waals surface area contributed by atoms with Gasteiger partial charge in [-0.15, -0.1) is 0 Å². The quantitative estimate of drug-likeness (QED) is 0.690. The van der Waals surface area contributed by atoms with E-state index in [0.717, 1.165) is 22.8 Å². The van der Waals surface area contributed by atoms with Crippen molar-refractivity contribution < 1.29 is 9.53 Å². The average Bonchev–Trinajstić information content (AvgIpc) is 3.36. The van der Waals surface area contributed by atoms with Crippen LogP contribution in [-0.2, 0) is 18.6 Å². The molecule has 1 amide bonds. The maximum Gasteiger partial charge on any atom is 0.254 e. The van der Waals surface area contributed by atoms with Crippen LogP contribution in [0, 0.1) is 0 Å². The minimum absolute atomic E-state index is 0.0156. The monoisotopic (exact) mass is 378 g/mol. The standard InChI is InChI=1S/C22H26N4O2/c1-5-28-17-10-8-16(9-11-17)21(27)25-14-18-19(15-25)23-26(22(2,3)4)20(18)24-12-6-7-13-24/h6-13H,5,14-15H2,1-4H3. The first-order chi connectivity index (χ1) is 13.4. The second-order valence-electron chi connectivity index (χ2n) is 8.04. The van der Waals surface area contributed by atoms with Crippen LogP contribution in [0.3, 0.4) is 0 Å². The molecule has 28 heavy (non-hydrogen) atoms. The van der Waals surface area contributed by atoms with Gasteiger partial charge in [-0.3, -0.25) is 4.79 Å². The fraction of sp³-hybridized carbons (Fsp3) is 0.364. The summed E-state index contributed by atoms with van der Waals surface area (Å²) >= 11 is 0. The molecule has 2 aromatic heterocycles. The molecule has 1 aliphatic rings. The molecule has 0 saturated carbocycles. The fourth-order valence-corrected chi connectivity index (χ4v) is 3.60. The zero-order chi connectivity index (χ0) is 19.9. The van der Waals surface area contributed by atoms with Crippen LogP contribution in [0.5, 0.6) is 5.75 Å². The Labute approximate surface area is 165 Å². The van der Waals surface area contributed by atoms with Gasteiger partial charge in [0.2, 0.25) is 0 Å². The maximum atomic E-state index is 13.0. The summed E-state index contributed by atoms with van der Waals surface area (Å²) in [6, 6.07) is 11.3. The van der Waals surface area contributed by atoms with E-state index >= 15 is 0 Å². The molecule has 0 saturated heterocycles. The largest absolute Gasteiger partial charge is 0.494 e. The summed E-state index contributed by atoms with van der Waals surface area (Å²) in [6.07, 6.45) is 4.05. The lowest BCUT2D eigenvalue weighted by Gasteiger charge is -2.24. The van der Waals surface area contributed by atoms with Crippen LogP contribution in [0.25, 0.3) is 5.82 Å². The van der Waals surface area contributed by atoms with Crippen molar-refractivity contribution in [2.45, 2.75) is 46.3 Å². The number of hydrogen-bond acceptors (Lipinski definition) is 3. The van der Waals surface area contributed by atoms with Crippen molar-refractivity contribution in [3.8, 4) is 11.6 Å². The molecule has 0 bridgehead atoms. The summed E-state index contributed by atoms with van der Waals surface area (Å²) < 4.78 is 9.62. The average molecular weight is 378 g/mol. The van der Waals surface area contributed by atoms with E-state index < -0.39 is 0 Å². The van der Waals surface area contributed by atoms with Gasteiger partial charge in [-0.05, 0) is 64.1 Å². The van der Waals surface area contributed by atoms with Crippen LogP contribution in [0.2, 0.25) is 0 Å². The van der Waals surface area contributed by atoms with Gasteiger partial charge < -0.3 is 14.2 Å². The number of aromatic nitrogens is 3. The SMILES string of the molecule is CCOc1ccc(C(=O)N2Cc3nn(C(C)(C)C)c(-n4cccc4)c3C2)cc1. The van der Waals surface area contributed by atoms with E-state index in [9.17, 15) is 4.79 Å². The predicted molar refractivity (Wildman–Crippen MR) is 108 cm³/mol. The molecule has 3 heterocycles. The molecule has 1 aliphatic heterocycles. The number of nitrogens with zero attached hydrogens (tertiary/aromatic N) is 4. The number of fused-ring (bicyclic) bond motifs is 1. The molecule has 0 radical (unpaired) electrons. The van der Waals surface area contributed by atoms with Gasteiger partial charge in [0.1, 0.15) is 11.6 Å². The molecule has 1 aromatic carbocycles. The van der Waals surface area contributed by atoms with Crippen LogP contribution in [0.4, 0.5) is 0 Å². The molecule has 146 valence electrons. The van der Waals surface area contributed by atoms with Crippen molar-refractivity contribution in [1.82, 2.24) is 19.2 Å². The third-order valence-electron chi connectivity index (χ3n) is 4.91. The van der Waals surface area contributed by atoms with E-state index in [-0.39, 0.29) is 11.4 Å². The Morgan fingerprint density at radius 1 is 1.11 bits per heavy atom. The van der Waals surface area contributed by atoms with Gasteiger partial charge in [0.25, 0.3) is 5.91 Å². The molecule has 4 rings (SSSR count). The number of amides is 1. The summed E-state index contributed by atoms with van der Waals surface area (Å²) in [5.41, 5.74) is 2.61. The van der Waals surface area contributed by atoms with E-state index in [1.807, 2.05) is 60.6 Å². The van der Waals surface area contributed by atoms with Gasteiger partial charge in [-0.1, -0.05) is 0 Å². The molecule has 0 spiro atoms. The molecule has 0 aliphatic carbocycles. The molecule has 6 nitrogen and oxygen atoms in total. The van der Waals surface area contributed by atoms with Crippen molar-refractivity contribution in [3.63, 3.8) is 0 Å². The number of benzene rings is 1. The van der Waals surface area contributed by atoms with Gasteiger partial charge in [0.15, 0.2) is 0 Å². The Bertz CT molecular complexity index is 979. The van der Waals surface area contributed by atoms with Crippen molar-refractivity contribution in [2.75, 3.05) is 6.61 Å². The second-order valence-corrected chi connectivity index (χ2v) is 8.04. The molecule has 0 atom stereocenters. The minimum atomic E-state index is -0.145. The van der Waals surface area contributed by atoms with Gasteiger partial charge in [0, 0.05) is 23.5 Å². The highest BCUT2D eigenvalue weighted by Gasteiger charge is 2.33. The zero-order valence-electron chi connectivity index (χ0n) is 16.8. The van der Waals surface area contributed by atoms with Crippen LogP contribution < -0.4 is 4.74 Å². The highest BCUT2D eigenvalue weighted by atomic mass is 16.5. The third-order valence-corrected chi connectivity index (χ3v) is 4.91. The lowest BCUT2D eigenvalue weighted by molar-refractivity contribution is 0.0748. The zero-order valence-corrected chi connectivity index (χ0v) is 16.8. The van der Waals surface area contributed by atoms with E-state index in [4.69, 9.17) is 9.84 Å². The van der Waals surface area contributed by atoms with Crippen LogP contribution >= 0.6 is 0 Å². The summed E-state index contributed by atoms with van der Waals surface area (Å²) in [5.74, 6) is 1.83. The first-order valence-corrected chi connectivity index (χ1v) is 9.65. The number of carbonyl (C=O) groups excluding carboxylic acids is 1. The summed E-state index contributed by atoms with van der Waals surface area (Å²) in [4.78, 5) is 14.9. The van der Waals surface area contributed by atoms with E-state index in [2.05, 4.69) is 30.0 Å². The van der Waals surface area contributed by atoms with Crippen LogP contribution in [-0.4, -0.2) is 31.8 Å². The van der Waals surface area contributed by atoms with E-state index in [0.29, 0.717) is 25.3 Å². The van der Waals surface area contributed by atoms with Crippen molar-refractivity contribution >= 4 is 5.91 Å². The first kappa shape index (κ1) is 18.3. The number of rotatable bonds is 4. The maximum absolute atomic E-state index is 13.0. The molecular weight excluding hydrogens is 352 g/mol. The summed E-state index contributed by atoms with van der Waals surface area (Å²) in [7, 11) is 0. The number of hydrogen-bond donors (Lipinski definition) is 0. The van der Waals surface area contributed by atoms with Crippen molar-refractivity contribution in [2.24, 2.45) is 0 Å². The summed E-state index contributed by atoms with van der Waals surface area (Å²) in [5, 5.41) is 4.86. The van der Waals surface area contributed by atoms with E-state index in [1.54, 1.807) is 0 Å². The minimum Gasteiger partial charge on any atom is -0.494 e. The lowest BCUT2D eigenvalue weighted by atomic mass is 10.1. The topological polar surface area (TPSA) is 52.3 Å². The molecule has 0 unspecified atom stereocenters. The highest BCUT2D eigenvalue weighted by molar-refractivity contribution is 5.94. The molecular formula is C22H26N4O2. The Balaban J connectivity index is 1.63. The van der Waals surface area contributed by atoms with Crippen molar-refractivity contribution in [3.05, 3.63) is 65.6 Å². The Morgan fingerprint density at radius 2 is 1.79 bits per heavy atom. The van der Waals surface area contributed by atoms with Crippen LogP contribution in [0.1, 0.15) is 49.3 Å². The molecule has 0 N–H and O–H groups in total. The molecule has 6 heteroatoms. The van der Waals surface area contributed by atoms with Gasteiger partial charge in [-0.2, -0.15) is 5.10 Å². The number of carbonyl (C=O) groups is 1. The number of ether oxygens (including phenoxy) is 1. The highest BCUT2D eigenvalue weighted by Crippen LogP contribution is 2.32. The molecule has 0 fully saturated rings. The third kappa shape index (κ3) is 3.19. The molecule has 3 aromatic rings. The smallest absolute Gasteiger partial charge is 0.254 e. The Morgan fingerprint density at radius 3 is 2.39 bits per heavy atom. The second kappa shape index (κ2) is 6.86. The predicted octanol–water partition coefficient (Wildman–Crippen LogP) is 3.98. The van der Waals surface area contributed by atoms with Gasteiger partial charge in [-0.25, -0.2) is 4.68 Å². The summed E-state index contributed by atoms with van der Waals surface area (Å²) in [6.45, 7) is 10.1.